The first-order valence-electron chi connectivity index (χ1n) is 5.27. The zero-order chi connectivity index (χ0) is 10.3. The minimum atomic E-state index is 0.246. The first-order chi connectivity index (χ1) is 6.52. The number of nitrogens with two attached hydrogens (primary N) is 1. The van der Waals surface area contributed by atoms with Gasteiger partial charge in [-0.3, -0.25) is 0 Å². The summed E-state index contributed by atoms with van der Waals surface area (Å²) in [6.45, 7) is 6.55. The maximum absolute atomic E-state index is 6.27. The molecule has 2 N–H and O–H groups in total. The summed E-state index contributed by atoms with van der Waals surface area (Å²) in [6.07, 6.45) is 6.27. The molecule has 2 rings (SSSR count). The molecule has 0 bridgehead atoms. The molecule has 0 aromatic carbocycles. The topological polar surface area (TPSA) is 43.8 Å². The Balaban J connectivity index is 2.27. The molecule has 1 heterocycles. The van der Waals surface area contributed by atoms with Crippen LogP contribution in [-0.4, -0.2) is 15.6 Å². The van der Waals surface area contributed by atoms with E-state index in [0.717, 1.165) is 5.82 Å². The first-order valence-corrected chi connectivity index (χ1v) is 5.27. The number of hydrogen-bond donors (Lipinski definition) is 1. The summed E-state index contributed by atoms with van der Waals surface area (Å²) in [5, 5.41) is 0. The highest BCUT2D eigenvalue weighted by atomic mass is 15.1. The Labute approximate surface area is 85.3 Å². The number of nitrogens with zero attached hydrogens (tertiary/aromatic N) is 2. The summed E-state index contributed by atoms with van der Waals surface area (Å²) in [5.74, 6) is 1.07. The normalized spacial score (nSPS) is 30.9. The van der Waals surface area contributed by atoms with Crippen LogP contribution in [0, 0.1) is 12.3 Å². The van der Waals surface area contributed by atoms with Gasteiger partial charge in [0.25, 0.3) is 0 Å². The summed E-state index contributed by atoms with van der Waals surface area (Å²) < 4.78 is 2.22. The lowest BCUT2D eigenvalue weighted by Gasteiger charge is -2.27. The minimum absolute atomic E-state index is 0.246. The van der Waals surface area contributed by atoms with Crippen molar-refractivity contribution < 1.29 is 0 Å². The molecule has 0 radical (unpaired) electrons. The minimum Gasteiger partial charge on any atom is -0.331 e. The Kier molecular flexibility index (Phi) is 2.14. The van der Waals surface area contributed by atoms with E-state index < -0.39 is 0 Å². The fourth-order valence-corrected chi connectivity index (χ4v) is 2.44. The van der Waals surface area contributed by atoms with Crippen LogP contribution < -0.4 is 5.73 Å². The number of aromatic nitrogens is 2. The van der Waals surface area contributed by atoms with Gasteiger partial charge >= 0.3 is 0 Å². The maximum Gasteiger partial charge on any atom is 0.105 e. The van der Waals surface area contributed by atoms with Crippen molar-refractivity contribution in [1.29, 1.82) is 0 Å². The van der Waals surface area contributed by atoms with E-state index in [1.54, 1.807) is 0 Å². The fraction of sp³-hybridized carbons (Fsp3) is 0.727. The smallest absolute Gasteiger partial charge is 0.105 e. The Hall–Kier alpha value is -0.830. The van der Waals surface area contributed by atoms with Gasteiger partial charge in [-0.25, -0.2) is 4.98 Å². The van der Waals surface area contributed by atoms with Crippen LogP contribution in [0.3, 0.4) is 0 Å². The van der Waals surface area contributed by atoms with E-state index in [-0.39, 0.29) is 11.5 Å². The SMILES string of the molecule is Cc1nccn1C1CCC(C)(C)C1N. The van der Waals surface area contributed by atoms with E-state index >= 15 is 0 Å². The van der Waals surface area contributed by atoms with Gasteiger partial charge in [0.05, 0.1) is 6.04 Å². The molecule has 2 unspecified atom stereocenters. The zero-order valence-electron chi connectivity index (χ0n) is 9.20. The van der Waals surface area contributed by atoms with Gasteiger partial charge in [0.1, 0.15) is 5.82 Å². The summed E-state index contributed by atoms with van der Waals surface area (Å²) in [4.78, 5) is 4.25. The Morgan fingerprint density at radius 1 is 1.57 bits per heavy atom. The molecule has 3 nitrogen and oxygen atoms in total. The average Bonchev–Trinajstić information content (AvgIpc) is 2.61. The molecule has 1 aliphatic rings. The van der Waals surface area contributed by atoms with Gasteiger partial charge in [0.2, 0.25) is 0 Å². The summed E-state index contributed by atoms with van der Waals surface area (Å²) >= 11 is 0. The molecule has 1 fully saturated rings. The predicted octanol–water partition coefficient (Wildman–Crippen LogP) is 1.88. The molecule has 0 aliphatic heterocycles. The third kappa shape index (κ3) is 1.36. The van der Waals surface area contributed by atoms with E-state index in [2.05, 4.69) is 23.4 Å². The molecule has 0 saturated heterocycles. The standard InChI is InChI=1S/C11H19N3/c1-8-13-6-7-14(8)9-4-5-11(2,3)10(9)12/h6-7,9-10H,4-5,12H2,1-3H3. The zero-order valence-corrected chi connectivity index (χ0v) is 9.20. The van der Waals surface area contributed by atoms with Crippen LogP contribution in [0.5, 0.6) is 0 Å². The molecule has 78 valence electrons. The second-order valence-corrected chi connectivity index (χ2v) is 5.00. The molecule has 0 spiro atoms. The van der Waals surface area contributed by atoms with Crippen LogP contribution in [0.2, 0.25) is 0 Å². The van der Waals surface area contributed by atoms with E-state index in [4.69, 9.17) is 5.73 Å². The van der Waals surface area contributed by atoms with Gasteiger partial charge in [-0.15, -0.1) is 0 Å². The first kappa shape index (κ1) is 9.71. The summed E-state index contributed by atoms with van der Waals surface area (Å²) in [6, 6.07) is 0.683. The van der Waals surface area contributed by atoms with Gasteiger partial charge in [-0.2, -0.15) is 0 Å². The van der Waals surface area contributed by atoms with Crippen LogP contribution in [0.25, 0.3) is 0 Å². The van der Waals surface area contributed by atoms with Gasteiger partial charge < -0.3 is 10.3 Å². The fourth-order valence-electron chi connectivity index (χ4n) is 2.44. The number of hydrogen-bond acceptors (Lipinski definition) is 2. The van der Waals surface area contributed by atoms with Crippen molar-refractivity contribution in [1.82, 2.24) is 9.55 Å². The van der Waals surface area contributed by atoms with Crippen LogP contribution >= 0.6 is 0 Å². The number of imidazole rings is 1. The van der Waals surface area contributed by atoms with E-state index in [1.165, 1.54) is 12.8 Å². The highest BCUT2D eigenvalue weighted by Gasteiger charge is 2.40. The highest BCUT2D eigenvalue weighted by molar-refractivity contribution is 5.02. The Morgan fingerprint density at radius 3 is 2.71 bits per heavy atom. The van der Waals surface area contributed by atoms with Crippen molar-refractivity contribution in [3.63, 3.8) is 0 Å². The lowest BCUT2D eigenvalue weighted by Crippen LogP contribution is -2.38. The monoisotopic (exact) mass is 193 g/mol. The molecule has 2 atom stereocenters. The van der Waals surface area contributed by atoms with Crippen molar-refractivity contribution in [3.05, 3.63) is 18.2 Å². The quantitative estimate of drug-likeness (QED) is 0.740. The van der Waals surface area contributed by atoms with Gasteiger partial charge in [-0.05, 0) is 25.2 Å². The molecule has 1 aliphatic carbocycles. The van der Waals surface area contributed by atoms with Crippen LogP contribution in [0.1, 0.15) is 38.6 Å². The van der Waals surface area contributed by atoms with Crippen molar-refractivity contribution in [2.45, 2.75) is 45.7 Å². The van der Waals surface area contributed by atoms with Gasteiger partial charge in [0, 0.05) is 18.4 Å². The van der Waals surface area contributed by atoms with E-state index in [0.29, 0.717) is 6.04 Å². The highest BCUT2D eigenvalue weighted by Crippen LogP contribution is 2.42. The van der Waals surface area contributed by atoms with E-state index in [1.807, 2.05) is 19.3 Å². The van der Waals surface area contributed by atoms with Crippen LogP contribution in [-0.2, 0) is 0 Å². The molecular formula is C11H19N3. The molecule has 0 amide bonds. The molecule has 3 heteroatoms. The van der Waals surface area contributed by atoms with Crippen molar-refractivity contribution in [2.24, 2.45) is 11.1 Å². The lowest BCUT2D eigenvalue weighted by atomic mass is 9.87. The second kappa shape index (κ2) is 3.09. The Bertz CT molecular complexity index is 327. The lowest BCUT2D eigenvalue weighted by molar-refractivity contribution is 0.298. The van der Waals surface area contributed by atoms with Crippen LogP contribution in [0.15, 0.2) is 12.4 Å². The molecule has 1 aromatic rings. The molecular weight excluding hydrogens is 174 g/mol. The Morgan fingerprint density at radius 2 is 2.29 bits per heavy atom. The molecule has 1 aromatic heterocycles. The third-order valence-electron chi connectivity index (χ3n) is 3.62. The predicted molar refractivity (Wildman–Crippen MR) is 57.0 cm³/mol. The average molecular weight is 193 g/mol. The van der Waals surface area contributed by atoms with Crippen LogP contribution in [0.4, 0.5) is 0 Å². The van der Waals surface area contributed by atoms with E-state index in [9.17, 15) is 0 Å². The molecule has 1 saturated carbocycles. The number of aryl methyl sites for hydroxylation is 1. The van der Waals surface area contributed by atoms with Crippen molar-refractivity contribution in [2.75, 3.05) is 0 Å². The summed E-state index contributed by atoms with van der Waals surface area (Å²) in [7, 11) is 0. The summed E-state index contributed by atoms with van der Waals surface area (Å²) in [5.41, 5.74) is 6.53. The second-order valence-electron chi connectivity index (χ2n) is 5.00. The largest absolute Gasteiger partial charge is 0.331 e. The van der Waals surface area contributed by atoms with Gasteiger partial charge in [-0.1, -0.05) is 13.8 Å². The molecule has 14 heavy (non-hydrogen) atoms. The van der Waals surface area contributed by atoms with Crippen molar-refractivity contribution >= 4 is 0 Å². The third-order valence-corrected chi connectivity index (χ3v) is 3.62. The van der Waals surface area contributed by atoms with Crippen molar-refractivity contribution in [3.8, 4) is 0 Å². The number of rotatable bonds is 1. The maximum atomic E-state index is 6.27. The van der Waals surface area contributed by atoms with Gasteiger partial charge in [0.15, 0.2) is 0 Å².